The molecular formula is C12H15NO2S. The number of anilines is 1. The summed E-state index contributed by atoms with van der Waals surface area (Å²) >= 11 is 1.84. The van der Waals surface area contributed by atoms with Crippen LogP contribution >= 0.6 is 11.8 Å². The zero-order valence-electron chi connectivity index (χ0n) is 9.19. The number of rotatable bonds is 3. The van der Waals surface area contributed by atoms with Crippen molar-refractivity contribution in [3.05, 3.63) is 23.8 Å². The minimum atomic E-state index is -0.736. The van der Waals surface area contributed by atoms with Crippen LogP contribution in [0.2, 0.25) is 0 Å². The van der Waals surface area contributed by atoms with Crippen LogP contribution in [0.25, 0.3) is 0 Å². The maximum atomic E-state index is 10.8. The fourth-order valence-corrected chi connectivity index (χ4v) is 2.63. The van der Waals surface area contributed by atoms with E-state index in [1.807, 2.05) is 17.8 Å². The van der Waals surface area contributed by atoms with Gasteiger partial charge < -0.3 is 10.4 Å². The molecule has 1 atom stereocenters. The molecule has 1 unspecified atom stereocenters. The van der Waals surface area contributed by atoms with E-state index in [1.165, 1.54) is 4.90 Å². The molecule has 3 nitrogen and oxygen atoms in total. The molecule has 0 aromatic heterocycles. The molecule has 1 aliphatic rings. The summed E-state index contributed by atoms with van der Waals surface area (Å²) in [7, 11) is 0. The minimum absolute atomic E-state index is 0.325. The van der Waals surface area contributed by atoms with Crippen molar-refractivity contribution in [1.29, 1.82) is 0 Å². The lowest BCUT2D eigenvalue weighted by molar-refractivity contribution is -0.141. The third-order valence-corrected chi connectivity index (χ3v) is 3.76. The van der Waals surface area contributed by atoms with Crippen molar-refractivity contribution in [2.75, 3.05) is 17.6 Å². The summed E-state index contributed by atoms with van der Waals surface area (Å²) in [4.78, 5) is 12.0. The zero-order valence-corrected chi connectivity index (χ0v) is 10.0. The summed E-state index contributed by atoms with van der Waals surface area (Å²) in [6.07, 6.45) is 0.592. The van der Waals surface area contributed by atoms with Gasteiger partial charge in [0.25, 0.3) is 0 Å². The standard InChI is InChI=1S/C12H15NO2S/c1-8(12(14)15)6-9-2-3-11-10(7-9)13-4-5-16-11/h2-3,7-8,13H,4-6H2,1H3,(H,14,15). The third kappa shape index (κ3) is 2.50. The Hall–Kier alpha value is -1.16. The lowest BCUT2D eigenvalue weighted by Crippen LogP contribution is -2.14. The number of nitrogens with one attached hydrogen (secondary N) is 1. The summed E-state index contributed by atoms with van der Waals surface area (Å²) in [5, 5.41) is 12.2. The van der Waals surface area contributed by atoms with E-state index in [9.17, 15) is 4.79 Å². The fraction of sp³-hybridized carbons (Fsp3) is 0.417. The van der Waals surface area contributed by atoms with Crippen LogP contribution < -0.4 is 5.32 Å². The lowest BCUT2D eigenvalue weighted by Gasteiger charge is -2.18. The topological polar surface area (TPSA) is 49.3 Å². The van der Waals surface area contributed by atoms with E-state index in [2.05, 4.69) is 17.4 Å². The first-order chi connectivity index (χ1) is 7.66. The van der Waals surface area contributed by atoms with Crippen LogP contribution in [-0.2, 0) is 11.2 Å². The quantitative estimate of drug-likeness (QED) is 0.848. The average Bonchev–Trinajstić information content (AvgIpc) is 2.28. The number of carbonyl (C=O) groups is 1. The number of fused-ring (bicyclic) bond motifs is 1. The molecule has 2 rings (SSSR count). The Bertz CT molecular complexity index is 406. The Labute approximate surface area is 99.2 Å². The zero-order chi connectivity index (χ0) is 11.5. The number of thioether (sulfide) groups is 1. The smallest absolute Gasteiger partial charge is 0.306 e. The van der Waals surface area contributed by atoms with Gasteiger partial charge in [-0.3, -0.25) is 4.79 Å². The van der Waals surface area contributed by atoms with Crippen molar-refractivity contribution in [3.8, 4) is 0 Å². The summed E-state index contributed by atoms with van der Waals surface area (Å²) in [6.45, 7) is 2.72. The molecule has 0 saturated carbocycles. The molecule has 4 heteroatoms. The van der Waals surface area contributed by atoms with Gasteiger partial charge in [0.15, 0.2) is 0 Å². The summed E-state index contributed by atoms with van der Waals surface area (Å²) in [5.41, 5.74) is 2.23. The molecule has 0 bridgehead atoms. The first-order valence-corrected chi connectivity index (χ1v) is 6.38. The Morgan fingerprint density at radius 1 is 1.62 bits per heavy atom. The van der Waals surface area contributed by atoms with E-state index in [0.29, 0.717) is 6.42 Å². The summed E-state index contributed by atoms with van der Waals surface area (Å²) < 4.78 is 0. The maximum Gasteiger partial charge on any atom is 0.306 e. The van der Waals surface area contributed by atoms with Gasteiger partial charge in [-0.1, -0.05) is 13.0 Å². The Balaban J connectivity index is 2.14. The molecule has 0 spiro atoms. The molecule has 1 aliphatic heterocycles. The Kier molecular flexibility index (Phi) is 3.39. The van der Waals surface area contributed by atoms with E-state index in [1.54, 1.807) is 6.92 Å². The van der Waals surface area contributed by atoms with Crippen molar-refractivity contribution >= 4 is 23.4 Å². The number of carboxylic acids is 1. The molecule has 86 valence electrons. The SMILES string of the molecule is CC(Cc1ccc2c(c1)NCCS2)C(=O)O. The molecular weight excluding hydrogens is 222 g/mol. The van der Waals surface area contributed by atoms with Gasteiger partial charge in [-0.25, -0.2) is 0 Å². The van der Waals surface area contributed by atoms with Gasteiger partial charge in [-0.15, -0.1) is 11.8 Å². The second-order valence-electron chi connectivity index (χ2n) is 4.05. The van der Waals surface area contributed by atoms with Crippen molar-refractivity contribution in [3.63, 3.8) is 0 Å². The number of hydrogen-bond acceptors (Lipinski definition) is 3. The van der Waals surface area contributed by atoms with E-state index in [4.69, 9.17) is 5.11 Å². The van der Waals surface area contributed by atoms with Gasteiger partial charge in [0.1, 0.15) is 0 Å². The van der Waals surface area contributed by atoms with Crippen LogP contribution in [0.5, 0.6) is 0 Å². The van der Waals surface area contributed by atoms with Crippen LogP contribution in [0.4, 0.5) is 5.69 Å². The van der Waals surface area contributed by atoms with Crippen molar-refractivity contribution in [1.82, 2.24) is 0 Å². The average molecular weight is 237 g/mol. The van der Waals surface area contributed by atoms with Crippen LogP contribution in [0.3, 0.4) is 0 Å². The highest BCUT2D eigenvalue weighted by Gasteiger charge is 2.14. The predicted octanol–water partition coefficient (Wildman–Crippen LogP) is 2.47. The first kappa shape index (κ1) is 11.3. The Morgan fingerprint density at radius 2 is 2.44 bits per heavy atom. The van der Waals surface area contributed by atoms with Crippen LogP contribution in [0.15, 0.2) is 23.1 Å². The van der Waals surface area contributed by atoms with Crippen molar-refractivity contribution < 1.29 is 9.90 Å². The van der Waals surface area contributed by atoms with E-state index >= 15 is 0 Å². The van der Waals surface area contributed by atoms with Crippen LogP contribution in [-0.4, -0.2) is 23.4 Å². The van der Waals surface area contributed by atoms with Crippen molar-refractivity contribution in [2.24, 2.45) is 5.92 Å². The fourth-order valence-electron chi connectivity index (χ4n) is 1.76. The number of benzene rings is 1. The van der Waals surface area contributed by atoms with Gasteiger partial charge in [0.05, 0.1) is 5.92 Å². The van der Waals surface area contributed by atoms with E-state index in [-0.39, 0.29) is 5.92 Å². The molecule has 1 aromatic rings. The molecule has 2 N–H and O–H groups in total. The highest BCUT2D eigenvalue weighted by Crippen LogP contribution is 2.31. The largest absolute Gasteiger partial charge is 0.481 e. The molecule has 0 amide bonds. The van der Waals surface area contributed by atoms with Gasteiger partial charge in [-0.05, 0) is 24.1 Å². The van der Waals surface area contributed by atoms with Gasteiger partial charge in [-0.2, -0.15) is 0 Å². The van der Waals surface area contributed by atoms with Gasteiger partial charge in [0, 0.05) is 22.9 Å². The minimum Gasteiger partial charge on any atom is -0.481 e. The molecule has 0 aliphatic carbocycles. The number of aliphatic carboxylic acids is 1. The van der Waals surface area contributed by atoms with Crippen LogP contribution in [0, 0.1) is 5.92 Å². The molecule has 1 heterocycles. The second kappa shape index (κ2) is 4.78. The molecule has 16 heavy (non-hydrogen) atoms. The molecule has 0 saturated heterocycles. The van der Waals surface area contributed by atoms with E-state index < -0.39 is 5.97 Å². The first-order valence-electron chi connectivity index (χ1n) is 5.39. The highest BCUT2D eigenvalue weighted by atomic mass is 32.2. The monoisotopic (exact) mass is 237 g/mol. The molecule has 1 aromatic carbocycles. The molecule has 0 radical (unpaired) electrons. The van der Waals surface area contributed by atoms with Gasteiger partial charge >= 0.3 is 5.97 Å². The van der Waals surface area contributed by atoms with E-state index in [0.717, 1.165) is 23.5 Å². The molecule has 0 fully saturated rings. The third-order valence-electron chi connectivity index (χ3n) is 2.68. The predicted molar refractivity (Wildman–Crippen MR) is 66.2 cm³/mol. The van der Waals surface area contributed by atoms with Crippen LogP contribution in [0.1, 0.15) is 12.5 Å². The maximum absolute atomic E-state index is 10.8. The second-order valence-corrected chi connectivity index (χ2v) is 5.19. The highest BCUT2D eigenvalue weighted by molar-refractivity contribution is 7.99. The summed E-state index contributed by atoms with van der Waals surface area (Å²) in [6, 6.07) is 6.18. The number of hydrogen-bond donors (Lipinski definition) is 2. The number of carboxylic acid groups (broad SMARTS) is 1. The Morgan fingerprint density at radius 3 is 3.19 bits per heavy atom. The summed E-state index contributed by atoms with van der Waals surface area (Å²) in [5.74, 6) is 0.0343. The normalized spacial score (nSPS) is 16.1. The van der Waals surface area contributed by atoms with Gasteiger partial charge in [0.2, 0.25) is 0 Å². The lowest BCUT2D eigenvalue weighted by atomic mass is 10.0. The van der Waals surface area contributed by atoms with Crippen molar-refractivity contribution in [2.45, 2.75) is 18.2 Å².